The molecule has 1 N–H and O–H groups in total. The van der Waals surface area contributed by atoms with E-state index in [9.17, 15) is 4.79 Å². The molecule has 0 aromatic carbocycles. The summed E-state index contributed by atoms with van der Waals surface area (Å²) in [4.78, 5) is 14.4. The van der Waals surface area contributed by atoms with Crippen molar-refractivity contribution in [3.05, 3.63) is 35.4 Å². The molecule has 1 amide bonds. The van der Waals surface area contributed by atoms with E-state index in [1.54, 1.807) is 4.68 Å². The highest BCUT2D eigenvalue weighted by molar-refractivity contribution is 5.76. The fourth-order valence-electron chi connectivity index (χ4n) is 3.10. The molecule has 118 valence electrons. The van der Waals surface area contributed by atoms with Gasteiger partial charge in [-0.15, -0.1) is 0 Å². The van der Waals surface area contributed by atoms with E-state index in [1.165, 1.54) is 0 Å². The van der Waals surface area contributed by atoms with E-state index >= 15 is 0 Å². The Hall–Kier alpha value is -2.11. The second-order valence-electron chi connectivity index (χ2n) is 6.18. The first kappa shape index (κ1) is 14.8. The lowest BCUT2D eigenvalue weighted by Gasteiger charge is -2.32. The molecule has 3 heterocycles. The van der Waals surface area contributed by atoms with Gasteiger partial charge in [-0.1, -0.05) is 0 Å². The second-order valence-corrected chi connectivity index (χ2v) is 6.18. The smallest absolute Gasteiger partial charge is 0.222 e. The van der Waals surface area contributed by atoms with Gasteiger partial charge in [-0.25, -0.2) is 0 Å². The number of aromatic amines is 1. The number of carbonyl (C=O) groups is 1. The van der Waals surface area contributed by atoms with E-state index in [0.29, 0.717) is 12.3 Å². The third-order valence-corrected chi connectivity index (χ3v) is 4.30. The average molecular weight is 301 g/mol. The maximum Gasteiger partial charge on any atom is 0.222 e. The van der Waals surface area contributed by atoms with Crippen molar-refractivity contribution < 1.29 is 4.79 Å². The van der Waals surface area contributed by atoms with Crippen LogP contribution in [0.4, 0.5) is 0 Å². The van der Waals surface area contributed by atoms with Gasteiger partial charge < -0.3 is 4.90 Å². The SMILES string of the molecule is Cc1cc([C@H]2CCCN(C(=O)CCc3cnn(C)c3)C2)n[nH]1. The Morgan fingerprint density at radius 3 is 3.05 bits per heavy atom. The fraction of sp³-hybridized carbons (Fsp3) is 0.562. The van der Waals surface area contributed by atoms with Gasteiger partial charge in [0.15, 0.2) is 0 Å². The van der Waals surface area contributed by atoms with E-state index in [0.717, 1.165) is 49.3 Å². The normalized spacial score (nSPS) is 18.6. The molecule has 1 saturated heterocycles. The number of carbonyl (C=O) groups excluding carboxylic acids is 1. The lowest BCUT2D eigenvalue weighted by molar-refractivity contribution is -0.132. The summed E-state index contributed by atoms with van der Waals surface area (Å²) in [7, 11) is 1.90. The monoisotopic (exact) mass is 301 g/mol. The van der Waals surface area contributed by atoms with Crippen LogP contribution in [0.3, 0.4) is 0 Å². The molecule has 2 aromatic rings. The Morgan fingerprint density at radius 2 is 2.36 bits per heavy atom. The number of hydrogen-bond acceptors (Lipinski definition) is 3. The molecule has 6 nitrogen and oxygen atoms in total. The molecule has 22 heavy (non-hydrogen) atoms. The van der Waals surface area contributed by atoms with Gasteiger partial charge in [-0.05, 0) is 37.8 Å². The van der Waals surface area contributed by atoms with Crippen molar-refractivity contribution in [2.24, 2.45) is 7.05 Å². The van der Waals surface area contributed by atoms with Gasteiger partial charge in [0.25, 0.3) is 0 Å². The minimum Gasteiger partial charge on any atom is -0.342 e. The van der Waals surface area contributed by atoms with Crippen molar-refractivity contribution in [2.45, 2.75) is 38.5 Å². The van der Waals surface area contributed by atoms with E-state index in [4.69, 9.17) is 0 Å². The highest BCUT2D eigenvalue weighted by Crippen LogP contribution is 2.26. The molecule has 1 aliphatic heterocycles. The van der Waals surface area contributed by atoms with Gasteiger partial charge in [-0.3, -0.25) is 14.6 Å². The van der Waals surface area contributed by atoms with Gasteiger partial charge in [0, 0.05) is 44.4 Å². The lowest BCUT2D eigenvalue weighted by atomic mass is 9.94. The Morgan fingerprint density at radius 1 is 1.50 bits per heavy atom. The Bertz CT molecular complexity index is 645. The van der Waals surface area contributed by atoms with E-state index in [-0.39, 0.29) is 5.91 Å². The quantitative estimate of drug-likeness (QED) is 0.936. The molecule has 2 aromatic heterocycles. The van der Waals surface area contributed by atoms with Crippen LogP contribution in [0, 0.1) is 6.92 Å². The first-order valence-electron chi connectivity index (χ1n) is 7.89. The predicted octanol–water partition coefficient (Wildman–Crippen LogP) is 1.79. The number of amides is 1. The molecule has 6 heteroatoms. The Balaban J connectivity index is 1.55. The molecule has 0 unspecified atom stereocenters. The van der Waals surface area contributed by atoms with E-state index in [2.05, 4.69) is 21.4 Å². The standard InChI is InChI=1S/C16H23N5O/c1-12-8-15(19-18-12)14-4-3-7-21(11-14)16(22)6-5-13-9-17-20(2)10-13/h8-10,14H,3-7,11H2,1-2H3,(H,18,19)/t14-/m0/s1. The maximum absolute atomic E-state index is 12.4. The number of likely N-dealkylation sites (tertiary alicyclic amines) is 1. The summed E-state index contributed by atoms with van der Waals surface area (Å²) >= 11 is 0. The zero-order valence-corrected chi connectivity index (χ0v) is 13.2. The molecular weight excluding hydrogens is 278 g/mol. The summed E-state index contributed by atoms with van der Waals surface area (Å²) in [5.74, 6) is 0.599. The van der Waals surface area contributed by atoms with Crippen molar-refractivity contribution in [3.63, 3.8) is 0 Å². The third-order valence-electron chi connectivity index (χ3n) is 4.30. The molecule has 0 spiro atoms. The molecule has 0 aliphatic carbocycles. The number of hydrogen-bond donors (Lipinski definition) is 1. The van der Waals surface area contributed by atoms with Crippen molar-refractivity contribution >= 4 is 5.91 Å². The van der Waals surface area contributed by atoms with Crippen LogP contribution in [-0.2, 0) is 18.3 Å². The highest BCUT2D eigenvalue weighted by atomic mass is 16.2. The predicted molar refractivity (Wildman–Crippen MR) is 83.4 cm³/mol. The molecule has 0 saturated carbocycles. The second kappa shape index (κ2) is 6.34. The highest BCUT2D eigenvalue weighted by Gasteiger charge is 2.25. The van der Waals surface area contributed by atoms with E-state index in [1.807, 2.05) is 31.3 Å². The van der Waals surface area contributed by atoms with E-state index < -0.39 is 0 Å². The van der Waals surface area contributed by atoms with Crippen LogP contribution in [0.2, 0.25) is 0 Å². The fourth-order valence-corrected chi connectivity index (χ4v) is 3.10. The van der Waals surface area contributed by atoms with Crippen LogP contribution < -0.4 is 0 Å². The lowest BCUT2D eigenvalue weighted by Crippen LogP contribution is -2.39. The summed E-state index contributed by atoms with van der Waals surface area (Å²) in [6.45, 7) is 3.66. The third kappa shape index (κ3) is 3.37. The zero-order valence-electron chi connectivity index (χ0n) is 13.2. The number of aromatic nitrogens is 4. The number of nitrogens with one attached hydrogen (secondary N) is 1. The summed E-state index contributed by atoms with van der Waals surface area (Å²) in [6.07, 6.45) is 7.27. The van der Waals surface area contributed by atoms with Crippen molar-refractivity contribution in [1.29, 1.82) is 0 Å². The number of piperidine rings is 1. The molecular formula is C16H23N5O. The zero-order chi connectivity index (χ0) is 15.5. The minimum absolute atomic E-state index is 0.237. The van der Waals surface area contributed by atoms with Crippen LogP contribution in [0.25, 0.3) is 0 Å². The van der Waals surface area contributed by atoms with Gasteiger partial charge in [0.1, 0.15) is 0 Å². The van der Waals surface area contributed by atoms with Gasteiger partial charge in [0.2, 0.25) is 5.91 Å². The summed E-state index contributed by atoms with van der Waals surface area (Å²) < 4.78 is 1.77. The molecule has 0 radical (unpaired) electrons. The topological polar surface area (TPSA) is 66.8 Å². The number of aryl methyl sites for hydroxylation is 3. The maximum atomic E-state index is 12.4. The molecule has 1 atom stereocenters. The van der Waals surface area contributed by atoms with Crippen LogP contribution in [-0.4, -0.2) is 43.9 Å². The molecule has 0 bridgehead atoms. The minimum atomic E-state index is 0.237. The molecule has 1 aliphatic rings. The summed E-state index contributed by atoms with van der Waals surface area (Å²) in [5, 5.41) is 11.5. The van der Waals surface area contributed by atoms with Crippen molar-refractivity contribution in [3.8, 4) is 0 Å². The summed E-state index contributed by atoms with van der Waals surface area (Å²) in [6, 6.07) is 2.09. The first-order valence-corrected chi connectivity index (χ1v) is 7.89. The van der Waals surface area contributed by atoms with Crippen LogP contribution in [0.1, 0.15) is 42.1 Å². The van der Waals surface area contributed by atoms with Crippen molar-refractivity contribution in [1.82, 2.24) is 24.9 Å². The molecule has 3 rings (SSSR count). The Kier molecular flexibility index (Phi) is 4.27. The summed E-state index contributed by atoms with van der Waals surface area (Å²) in [5.41, 5.74) is 3.28. The largest absolute Gasteiger partial charge is 0.342 e. The van der Waals surface area contributed by atoms with Gasteiger partial charge in [-0.2, -0.15) is 10.2 Å². The first-order chi connectivity index (χ1) is 10.6. The number of nitrogens with zero attached hydrogens (tertiary/aromatic N) is 4. The Labute approximate surface area is 130 Å². The van der Waals surface area contributed by atoms with Gasteiger partial charge >= 0.3 is 0 Å². The molecule has 1 fully saturated rings. The van der Waals surface area contributed by atoms with Crippen LogP contribution >= 0.6 is 0 Å². The number of rotatable bonds is 4. The van der Waals surface area contributed by atoms with Crippen LogP contribution in [0.5, 0.6) is 0 Å². The van der Waals surface area contributed by atoms with Crippen LogP contribution in [0.15, 0.2) is 18.5 Å². The van der Waals surface area contributed by atoms with Gasteiger partial charge in [0.05, 0.1) is 11.9 Å². The van der Waals surface area contributed by atoms with Crippen molar-refractivity contribution in [2.75, 3.05) is 13.1 Å². The number of H-pyrrole nitrogens is 1. The average Bonchev–Trinajstić information content (AvgIpc) is 3.13.